The summed E-state index contributed by atoms with van der Waals surface area (Å²) in [7, 11) is 0. The third-order valence-corrected chi connectivity index (χ3v) is 5.68. The molecule has 0 bridgehead atoms. The summed E-state index contributed by atoms with van der Waals surface area (Å²) >= 11 is 1.77. The van der Waals surface area contributed by atoms with Gasteiger partial charge in [-0.3, -0.25) is 9.69 Å². The predicted octanol–water partition coefficient (Wildman–Crippen LogP) is 4.25. The summed E-state index contributed by atoms with van der Waals surface area (Å²) in [6.45, 7) is 5.79. The normalized spacial score (nSPS) is 20.3. The van der Waals surface area contributed by atoms with Gasteiger partial charge in [0.1, 0.15) is 0 Å². The Morgan fingerprint density at radius 1 is 1.26 bits per heavy atom. The zero-order valence-corrected chi connectivity index (χ0v) is 14.5. The number of benzene rings is 1. The molecule has 2 atom stereocenters. The average Bonchev–Trinajstić information content (AvgIpc) is 2.96. The molecule has 0 spiro atoms. The maximum absolute atomic E-state index is 11.4. The van der Waals surface area contributed by atoms with E-state index >= 15 is 0 Å². The maximum atomic E-state index is 11.4. The van der Waals surface area contributed by atoms with Crippen LogP contribution in [0.25, 0.3) is 0 Å². The van der Waals surface area contributed by atoms with E-state index in [4.69, 9.17) is 0 Å². The van der Waals surface area contributed by atoms with Crippen molar-refractivity contribution in [2.45, 2.75) is 32.7 Å². The maximum Gasteiger partial charge on any atom is 0.307 e. The third-order valence-electron chi connectivity index (χ3n) is 4.58. The van der Waals surface area contributed by atoms with Crippen LogP contribution >= 0.6 is 11.3 Å². The Labute approximate surface area is 141 Å². The Hall–Kier alpha value is -1.65. The Morgan fingerprint density at radius 2 is 2.00 bits per heavy atom. The lowest BCUT2D eigenvalue weighted by Crippen LogP contribution is -2.41. The van der Waals surface area contributed by atoms with Gasteiger partial charge in [0, 0.05) is 11.4 Å². The molecule has 1 aliphatic rings. The van der Waals surface area contributed by atoms with Crippen molar-refractivity contribution in [3.8, 4) is 0 Å². The monoisotopic (exact) mass is 329 g/mol. The summed E-state index contributed by atoms with van der Waals surface area (Å²) in [6, 6.07) is 11.0. The lowest BCUT2D eigenvalue weighted by atomic mass is 9.94. The number of rotatable bonds is 4. The second kappa shape index (κ2) is 6.85. The van der Waals surface area contributed by atoms with Crippen LogP contribution in [-0.2, 0) is 4.79 Å². The van der Waals surface area contributed by atoms with Gasteiger partial charge in [-0.2, -0.15) is 0 Å². The van der Waals surface area contributed by atoms with Gasteiger partial charge in [-0.15, -0.1) is 11.3 Å². The van der Waals surface area contributed by atoms with Crippen molar-refractivity contribution in [2.24, 2.45) is 5.92 Å². The van der Waals surface area contributed by atoms with Crippen molar-refractivity contribution in [3.63, 3.8) is 0 Å². The number of thiophene rings is 1. The molecule has 0 aliphatic carbocycles. The molecule has 1 aromatic carbocycles. The second-order valence-corrected chi connectivity index (χ2v) is 7.45. The SMILES string of the molecule is Cc1ccc(C(c2cc(C)cs2)N2CCCC(C(=O)O)C2)cc1. The predicted molar refractivity (Wildman–Crippen MR) is 94.0 cm³/mol. The summed E-state index contributed by atoms with van der Waals surface area (Å²) in [4.78, 5) is 15.1. The Morgan fingerprint density at radius 3 is 2.61 bits per heavy atom. The first-order valence-electron chi connectivity index (χ1n) is 8.13. The van der Waals surface area contributed by atoms with E-state index < -0.39 is 5.97 Å². The molecule has 1 aromatic heterocycles. The number of likely N-dealkylation sites (tertiary alicyclic amines) is 1. The van der Waals surface area contributed by atoms with Gasteiger partial charge in [0.15, 0.2) is 0 Å². The summed E-state index contributed by atoms with van der Waals surface area (Å²) in [5.74, 6) is -0.919. The molecule has 1 aliphatic heterocycles. The molecule has 0 radical (unpaired) electrons. The highest BCUT2D eigenvalue weighted by Crippen LogP contribution is 2.35. The van der Waals surface area contributed by atoms with Crippen LogP contribution < -0.4 is 0 Å². The third kappa shape index (κ3) is 3.65. The van der Waals surface area contributed by atoms with Crippen LogP contribution in [0.15, 0.2) is 35.7 Å². The fourth-order valence-electron chi connectivity index (χ4n) is 3.34. The smallest absolute Gasteiger partial charge is 0.307 e. The number of nitrogens with zero attached hydrogens (tertiary/aromatic N) is 1. The Balaban J connectivity index is 1.94. The number of carbonyl (C=O) groups is 1. The van der Waals surface area contributed by atoms with E-state index in [1.54, 1.807) is 11.3 Å². The molecule has 23 heavy (non-hydrogen) atoms. The van der Waals surface area contributed by atoms with E-state index in [0.29, 0.717) is 6.54 Å². The first kappa shape index (κ1) is 16.2. The van der Waals surface area contributed by atoms with Crippen molar-refractivity contribution in [1.29, 1.82) is 0 Å². The standard InChI is InChI=1S/C19H23NO2S/c1-13-5-7-15(8-6-13)18(17-10-14(2)12-23-17)20-9-3-4-16(11-20)19(21)22/h5-8,10,12,16,18H,3-4,9,11H2,1-2H3,(H,21,22). The molecular formula is C19H23NO2S. The van der Waals surface area contributed by atoms with E-state index in [1.807, 2.05) is 0 Å². The number of hydrogen-bond acceptors (Lipinski definition) is 3. The summed E-state index contributed by atoms with van der Waals surface area (Å²) < 4.78 is 0. The molecule has 0 amide bonds. The van der Waals surface area contributed by atoms with Crippen LogP contribution in [0.5, 0.6) is 0 Å². The number of carboxylic acid groups (broad SMARTS) is 1. The summed E-state index contributed by atoms with van der Waals surface area (Å²) in [5.41, 5.74) is 3.77. The molecule has 1 fully saturated rings. The number of aliphatic carboxylic acids is 1. The lowest BCUT2D eigenvalue weighted by Gasteiger charge is -2.37. The zero-order chi connectivity index (χ0) is 16.4. The van der Waals surface area contributed by atoms with Gasteiger partial charge in [-0.1, -0.05) is 29.8 Å². The first-order chi connectivity index (χ1) is 11.0. The molecule has 0 saturated carbocycles. The Kier molecular flexibility index (Phi) is 4.83. The van der Waals surface area contributed by atoms with Crippen molar-refractivity contribution >= 4 is 17.3 Å². The minimum absolute atomic E-state index is 0.163. The molecule has 3 rings (SSSR count). The lowest BCUT2D eigenvalue weighted by molar-refractivity contribution is -0.143. The van der Waals surface area contributed by atoms with Crippen LogP contribution in [0.4, 0.5) is 0 Å². The van der Waals surface area contributed by atoms with Crippen LogP contribution in [0.1, 0.15) is 40.5 Å². The van der Waals surface area contributed by atoms with Crippen molar-refractivity contribution in [3.05, 3.63) is 57.3 Å². The quantitative estimate of drug-likeness (QED) is 0.911. The molecule has 1 saturated heterocycles. The molecule has 2 heterocycles. The van der Waals surface area contributed by atoms with Gasteiger partial charge < -0.3 is 5.11 Å². The van der Waals surface area contributed by atoms with Gasteiger partial charge in [0.2, 0.25) is 0 Å². The molecule has 3 nitrogen and oxygen atoms in total. The first-order valence-corrected chi connectivity index (χ1v) is 9.01. The fourth-order valence-corrected chi connectivity index (χ4v) is 4.40. The number of aryl methyl sites for hydroxylation is 2. The molecule has 2 aromatic rings. The largest absolute Gasteiger partial charge is 0.481 e. The highest BCUT2D eigenvalue weighted by molar-refractivity contribution is 7.10. The molecule has 122 valence electrons. The molecule has 2 unspecified atom stereocenters. The van der Waals surface area contributed by atoms with Crippen molar-refractivity contribution in [1.82, 2.24) is 4.90 Å². The number of hydrogen-bond donors (Lipinski definition) is 1. The van der Waals surface area contributed by atoms with Gasteiger partial charge in [0.25, 0.3) is 0 Å². The minimum atomic E-state index is -0.667. The topological polar surface area (TPSA) is 40.5 Å². The number of carboxylic acids is 1. The van der Waals surface area contributed by atoms with E-state index in [2.05, 4.69) is 54.5 Å². The van der Waals surface area contributed by atoms with Crippen LogP contribution in [0, 0.1) is 19.8 Å². The molecule has 1 N–H and O–H groups in total. The molecule has 4 heteroatoms. The van der Waals surface area contributed by atoms with Gasteiger partial charge in [-0.25, -0.2) is 0 Å². The minimum Gasteiger partial charge on any atom is -0.481 e. The van der Waals surface area contributed by atoms with Gasteiger partial charge >= 0.3 is 5.97 Å². The van der Waals surface area contributed by atoms with E-state index in [9.17, 15) is 9.90 Å². The summed E-state index contributed by atoms with van der Waals surface area (Å²) in [6.07, 6.45) is 1.74. The Bertz CT molecular complexity index is 677. The van der Waals surface area contributed by atoms with Crippen LogP contribution in [0.3, 0.4) is 0 Å². The van der Waals surface area contributed by atoms with Gasteiger partial charge in [-0.05, 0) is 55.8 Å². The highest BCUT2D eigenvalue weighted by Gasteiger charge is 2.31. The van der Waals surface area contributed by atoms with Crippen molar-refractivity contribution < 1.29 is 9.90 Å². The summed E-state index contributed by atoms with van der Waals surface area (Å²) in [5, 5.41) is 11.6. The number of piperidine rings is 1. The average molecular weight is 329 g/mol. The van der Waals surface area contributed by atoms with Gasteiger partial charge in [0.05, 0.1) is 12.0 Å². The van der Waals surface area contributed by atoms with Crippen LogP contribution in [-0.4, -0.2) is 29.1 Å². The zero-order valence-electron chi connectivity index (χ0n) is 13.7. The van der Waals surface area contributed by atoms with E-state index in [-0.39, 0.29) is 12.0 Å². The van der Waals surface area contributed by atoms with Crippen molar-refractivity contribution in [2.75, 3.05) is 13.1 Å². The second-order valence-electron chi connectivity index (χ2n) is 6.51. The highest BCUT2D eigenvalue weighted by atomic mass is 32.1. The fraction of sp³-hybridized carbons (Fsp3) is 0.421. The molecular weight excluding hydrogens is 306 g/mol. The van der Waals surface area contributed by atoms with E-state index in [1.165, 1.54) is 21.6 Å². The van der Waals surface area contributed by atoms with Crippen LogP contribution in [0.2, 0.25) is 0 Å². The van der Waals surface area contributed by atoms with E-state index in [0.717, 1.165) is 19.4 Å².